The highest BCUT2D eigenvalue weighted by Crippen LogP contribution is 2.14. The molecule has 0 fully saturated rings. The number of hydrogen-bond acceptors (Lipinski definition) is 3. The lowest BCUT2D eigenvalue weighted by Gasteiger charge is -2.07. The number of carbonyl (C=O) groups is 2. The van der Waals surface area contributed by atoms with E-state index in [1.165, 1.54) is 0 Å². The fourth-order valence-corrected chi connectivity index (χ4v) is 2.44. The third kappa shape index (κ3) is 4.82. The summed E-state index contributed by atoms with van der Waals surface area (Å²) in [6.07, 6.45) is 0. The first-order valence-corrected chi connectivity index (χ1v) is 7.90. The lowest BCUT2D eigenvalue weighted by molar-refractivity contribution is -0.119. The SMILES string of the molecule is O=C(COC(=O)c1ccccc1I)Nc1ccc(Br)cc1. The quantitative estimate of drug-likeness (QED) is 0.558. The Hall–Kier alpha value is -1.41. The van der Waals surface area contributed by atoms with Gasteiger partial charge in [-0.3, -0.25) is 4.79 Å². The highest BCUT2D eigenvalue weighted by atomic mass is 127. The Morgan fingerprint density at radius 1 is 1.10 bits per heavy atom. The summed E-state index contributed by atoms with van der Waals surface area (Å²) in [7, 11) is 0. The Balaban J connectivity index is 1.88. The maximum atomic E-state index is 11.9. The first-order chi connectivity index (χ1) is 10.1. The molecule has 0 aliphatic heterocycles. The summed E-state index contributed by atoms with van der Waals surface area (Å²) in [6, 6.07) is 14.2. The van der Waals surface area contributed by atoms with Crippen LogP contribution in [0.4, 0.5) is 5.69 Å². The summed E-state index contributed by atoms with van der Waals surface area (Å²) in [4.78, 5) is 23.6. The van der Waals surface area contributed by atoms with Crippen LogP contribution in [0.1, 0.15) is 10.4 Å². The smallest absolute Gasteiger partial charge is 0.339 e. The van der Waals surface area contributed by atoms with Crippen molar-refractivity contribution < 1.29 is 14.3 Å². The van der Waals surface area contributed by atoms with Crippen molar-refractivity contribution in [2.75, 3.05) is 11.9 Å². The zero-order valence-corrected chi connectivity index (χ0v) is 14.6. The van der Waals surface area contributed by atoms with Gasteiger partial charge in [-0.05, 0) is 59.0 Å². The Morgan fingerprint density at radius 3 is 2.43 bits per heavy atom. The monoisotopic (exact) mass is 459 g/mol. The average Bonchev–Trinajstić information content (AvgIpc) is 2.48. The molecular weight excluding hydrogens is 449 g/mol. The standard InChI is InChI=1S/C15H11BrINO3/c16-10-5-7-11(8-6-10)18-14(19)9-21-15(20)12-3-1-2-4-13(12)17/h1-8H,9H2,(H,18,19). The molecule has 2 aromatic carbocycles. The molecule has 4 nitrogen and oxygen atoms in total. The number of nitrogens with one attached hydrogen (secondary N) is 1. The summed E-state index contributed by atoms with van der Waals surface area (Å²) < 4.78 is 6.71. The van der Waals surface area contributed by atoms with Crippen LogP contribution in [0.25, 0.3) is 0 Å². The Kier molecular flexibility index (Phi) is 5.75. The van der Waals surface area contributed by atoms with E-state index >= 15 is 0 Å². The van der Waals surface area contributed by atoms with Gasteiger partial charge in [0.05, 0.1) is 5.56 Å². The van der Waals surface area contributed by atoms with Gasteiger partial charge in [-0.2, -0.15) is 0 Å². The van der Waals surface area contributed by atoms with Crippen molar-refractivity contribution in [3.8, 4) is 0 Å². The van der Waals surface area contributed by atoms with Gasteiger partial charge in [0, 0.05) is 13.7 Å². The van der Waals surface area contributed by atoms with E-state index in [0.717, 1.165) is 8.04 Å². The van der Waals surface area contributed by atoms with Crippen LogP contribution in [0, 0.1) is 3.57 Å². The van der Waals surface area contributed by atoms with Crippen molar-refractivity contribution in [3.05, 3.63) is 62.1 Å². The average molecular weight is 460 g/mol. The van der Waals surface area contributed by atoms with E-state index in [-0.39, 0.29) is 12.5 Å². The van der Waals surface area contributed by atoms with Gasteiger partial charge in [-0.1, -0.05) is 28.1 Å². The molecule has 2 aromatic rings. The predicted molar refractivity (Wildman–Crippen MR) is 92.2 cm³/mol. The molecule has 1 amide bonds. The summed E-state index contributed by atoms with van der Waals surface area (Å²) in [5.74, 6) is -0.887. The number of benzene rings is 2. The maximum absolute atomic E-state index is 11.9. The number of ether oxygens (including phenoxy) is 1. The van der Waals surface area contributed by atoms with Gasteiger partial charge >= 0.3 is 5.97 Å². The summed E-state index contributed by atoms with van der Waals surface area (Å²) in [5, 5.41) is 2.65. The lowest BCUT2D eigenvalue weighted by Crippen LogP contribution is -2.21. The molecule has 0 radical (unpaired) electrons. The third-order valence-corrected chi connectivity index (χ3v) is 4.03. The number of hydrogen-bond donors (Lipinski definition) is 1. The first-order valence-electron chi connectivity index (χ1n) is 6.03. The van der Waals surface area contributed by atoms with Gasteiger partial charge < -0.3 is 10.1 Å². The molecule has 0 bridgehead atoms. The van der Waals surface area contributed by atoms with E-state index in [9.17, 15) is 9.59 Å². The fourth-order valence-electron chi connectivity index (χ4n) is 1.57. The fraction of sp³-hybridized carbons (Fsp3) is 0.0667. The predicted octanol–water partition coefficient (Wildman–Crippen LogP) is 3.85. The van der Waals surface area contributed by atoms with Gasteiger partial charge in [-0.15, -0.1) is 0 Å². The lowest BCUT2D eigenvalue weighted by atomic mass is 10.2. The topological polar surface area (TPSA) is 55.4 Å². The highest BCUT2D eigenvalue weighted by Gasteiger charge is 2.12. The van der Waals surface area contributed by atoms with Crippen LogP contribution >= 0.6 is 38.5 Å². The van der Waals surface area contributed by atoms with Crippen molar-refractivity contribution >= 4 is 56.1 Å². The van der Waals surface area contributed by atoms with Gasteiger partial charge in [0.2, 0.25) is 0 Å². The van der Waals surface area contributed by atoms with Crippen LogP contribution in [0.15, 0.2) is 53.0 Å². The van der Waals surface area contributed by atoms with Crippen LogP contribution < -0.4 is 5.32 Å². The molecule has 2 rings (SSSR count). The van der Waals surface area contributed by atoms with Gasteiger partial charge in [0.25, 0.3) is 5.91 Å². The number of amides is 1. The summed E-state index contributed by atoms with van der Waals surface area (Å²) in [6.45, 7) is -0.320. The zero-order valence-electron chi connectivity index (χ0n) is 10.8. The normalized spacial score (nSPS) is 10.0. The van der Waals surface area contributed by atoms with E-state index in [2.05, 4.69) is 21.2 Å². The van der Waals surface area contributed by atoms with E-state index in [4.69, 9.17) is 4.74 Å². The third-order valence-electron chi connectivity index (χ3n) is 2.56. The van der Waals surface area contributed by atoms with Crippen LogP contribution in [-0.2, 0) is 9.53 Å². The molecule has 0 unspecified atom stereocenters. The highest BCUT2D eigenvalue weighted by molar-refractivity contribution is 14.1. The van der Waals surface area contributed by atoms with Crippen LogP contribution in [-0.4, -0.2) is 18.5 Å². The Bertz CT molecular complexity index is 658. The van der Waals surface area contributed by atoms with Crippen molar-refractivity contribution in [2.24, 2.45) is 0 Å². The minimum absolute atomic E-state index is 0.320. The molecule has 0 atom stereocenters. The number of carbonyl (C=O) groups excluding carboxylic acids is 2. The van der Waals surface area contributed by atoms with Gasteiger partial charge in [0.15, 0.2) is 6.61 Å². The molecule has 0 saturated carbocycles. The van der Waals surface area contributed by atoms with Crippen LogP contribution in [0.3, 0.4) is 0 Å². The first kappa shape index (κ1) is 16.0. The minimum atomic E-state index is -0.508. The second kappa shape index (κ2) is 7.56. The maximum Gasteiger partial charge on any atom is 0.339 e. The van der Waals surface area contributed by atoms with Crippen molar-refractivity contribution in [1.82, 2.24) is 0 Å². The van der Waals surface area contributed by atoms with E-state index in [1.807, 2.05) is 40.8 Å². The van der Waals surface area contributed by atoms with Crippen molar-refractivity contribution in [1.29, 1.82) is 0 Å². The largest absolute Gasteiger partial charge is 0.452 e. The number of rotatable bonds is 4. The Labute approximate surface area is 144 Å². The molecule has 0 spiro atoms. The van der Waals surface area contributed by atoms with Crippen molar-refractivity contribution in [2.45, 2.75) is 0 Å². The van der Waals surface area contributed by atoms with E-state index < -0.39 is 5.97 Å². The van der Waals surface area contributed by atoms with Gasteiger partial charge in [0.1, 0.15) is 0 Å². The molecule has 0 aromatic heterocycles. The van der Waals surface area contributed by atoms with E-state index in [1.54, 1.807) is 30.3 Å². The summed E-state index contributed by atoms with van der Waals surface area (Å²) >= 11 is 5.36. The minimum Gasteiger partial charge on any atom is -0.452 e. The van der Waals surface area contributed by atoms with Gasteiger partial charge in [-0.25, -0.2) is 4.79 Å². The second-order valence-electron chi connectivity index (χ2n) is 4.11. The molecule has 0 saturated heterocycles. The molecule has 0 aliphatic rings. The molecular formula is C15H11BrINO3. The molecule has 108 valence electrons. The number of anilines is 1. The molecule has 0 heterocycles. The van der Waals surface area contributed by atoms with Crippen LogP contribution in [0.2, 0.25) is 0 Å². The van der Waals surface area contributed by atoms with E-state index in [0.29, 0.717) is 11.3 Å². The van der Waals surface area contributed by atoms with Crippen molar-refractivity contribution in [3.63, 3.8) is 0 Å². The Morgan fingerprint density at radius 2 is 1.76 bits per heavy atom. The number of esters is 1. The number of halogens is 2. The molecule has 21 heavy (non-hydrogen) atoms. The van der Waals surface area contributed by atoms with Crippen LogP contribution in [0.5, 0.6) is 0 Å². The molecule has 1 N–H and O–H groups in total. The molecule has 0 aliphatic carbocycles. The zero-order chi connectivity index (χ0) is 15.2. The summed E-state index contributed by atoms with van der Waals surface area (Å²) in [5.41, 5.74) is 1.10. The second-order valence-corrected chi connectivity index (χ2v) is 6.19. The molecule has 6 heteroatoms.